The fraction of sp³-hybridized carbons (Fsp3) is 0.286. The van der Waals surface area contributed by atoms with E-state index in [0.29, 0.717) is 6.54 Å². The SMILES string of the molecule is Cc1ccc(-c2ccncc2)cc1NC(=O)[C@H]1CNC[C@@H]1c1cnn(C)c1.Cl.Cl. The van der Waals surface area contributed by atoms with Crippen LogP contribution in [0.3, 0.4) is 0 Å². The fourth-order valence-electron chi connectivity index (χ4n) is 3.64. The average molecular weight is 434 g/mol. The Bertz CT molecular complexity index is 961. The summed E-state index contributed by atoms with van der Waals surface area (Å²) in [7, 11) is 1.90. The molecule has 0 radical (unpaired) electrons. The van der Waals surface area contributed by atoms with Crippen molar-refractivity contribution in [2.24, 2.45) is 13.0 Å². The number of hydrogen-bond acceptors (Lipinski definition) is 4. The Hall–Kier alpha value is -2.41. The molecule has 8 heteroatoms. The summed E-state index contributed by atoms with van der Waals surface area (Å²) in [5.41, 5.74) is 5.14. The number of carbonyl (C=O) groups excluding carboxylic acids is 1. The molecule has 1 aromatic carbocycles. The maximum atomic E-state index is 13.0. The molecule has 29 heavy (non-hydrogen) atoms. The normalized spacial score (nSPS) is 17.9. The number of benzene rings is 1. The Balaban J connectivity index is 0.00000150. The van der Waals surface area contributed by atoms with Gasteiger partial charge in [-0.15, -0.1) is 24.8 Å². The lowest BCUT2D eigenvalue weighted by Gasteiger charge is -2.18. The third-order valence-corrected chi connectivity index (χ3v) is 5.21. The summed E-state index contributed by atoms with van der Waals surface area (Å²) in [4.78, 5) is 17.1. The zero-order chi connectivity index (χ0) is 18.8. The lowest BCUT2D eigenvalue weighted by Crippen LogP contribution is -2.28. The lowest BCUT2D eigenvalue weighted by atomic mass is 9.90. The quantitative estimate of drug-likeness (QED) is 0.659. The van der Waals surface area contributed by atoms with Gasteiger partial charge in [-0.1, -0.05) is 12.1 Å². The smallest absolute Gasteiger partial charge is 0.229 e. The number of nitrogens with zero attached hydrogens (tertiary/aromatic N) is 3. The van der Waals surface area contributed by atoms with E-state index in [1.165, 1.54) is 0 Å². The standard InChI is InChI=1S/C21H23N5O.2ClH/c1-14-3-4-16(15-5-7-22-8-6-15)9-20(14)25-21(27)19-12-23-11-18(19)17-10-24-26(2)13-17;;/h3-10,13,18-19,23H,11-12H2,1-2H3,(H,25,27);2*1H/t18-,19+;;/m1../s1. The van der Waals surface area contributed by atoms with Gasteiger partial charge in [-0.05, 0) is 47.4 Å². The number of aromatic nitrogens is 3. The monoisotopic (exact) mass is 433 g/mol. The topological polar surface area (TPSA) is 71.8 Å². The van der Waals surface area contributed by atoms with Crippen molar-refractivity contribution in [1.29, 1.82) is 0 Å². The van der Waals surface area contributed by atoms with Crippen LogP contribution in [-0.4, -0.2) is 33.8 Å². The molecule has 2 atom stereocenters. The van der Waals surface area contributed by atoms with Crippen molar-refractivity contribution in [2.75, 3.05) is 18.4 Å². The molecule has 1 fully saturated rings. The fourth-order valence-corrected chi connectivity index (χ4v) is 3.64. The molecule has 0 saturated carbocycles. The van der Waals surface area contributed by atoms with Crippen LogP contribution in [0.5, 0.6) is 0 Å². The molecule has 6 nitrogen and oxygen atoms in total. The van der Waals surface area contributed by atoms with Crippen LogP contribution < -0.4 is 10.6 Å². The number of pyridine rings is 1. The van der Waals surface area contributed by atoms with E-state index in [1.54, 1.807) is 17.1 Å². The lowest BCUT2D eigenvalue weighted by molar-refractivity contribution is -0.119. The van der Waals surface area contributed by atoms with Gasteiger partial charge in [0, 0.05) is 50.3 Å². The van der Waals surface area contributed by atoms with E-state index < -0.39 is 0 Å². The number of nitrogens with one attached hydrogen (secondary N) is 2. The molecule has 1 aliphatic heterocycles. The van der Waals surface area contributed by atoms with E-state index in [9.17, 15) is 4.79 Å². The third-order valence-electron chi connectivity index (χ3n) is 5.21. The zero-order valence-electron chi connectivity index (χ0n) is 16.3. The van der Waals surface area contributed by atoms with Crippen LogP contribution in [0.15, 0.2) is 55.1 Å². The van der Waals surface area contributed by atoms with Gasteiger partial charge in [-0.3, -0.25) is 14.5 Å². The second-order valence-corrected chi connectivity index (χ2v) is 7.07. The van der Waals surface area contributed by atoms with E-state index in [2.05, 4.69) is 26.8 Å². The van der Waals surface area contributed by atoms with Crippen molar-refractivity contribution in [3.63, 3.8) is 0 Å². The molecule has 1 saturated heterocycles. The molecular formula is C21H25Cl2N5O. The number of hydrogen-bond donors (Lipinski definition) is 2. The first-order chi connectivity index (χ1) is 13.1. The number of amides is 1. The molecule has 4 rings (SSSR count). The van der Waals surface area contributed by atoms with Crippen molar-refractivity contribution in [3.8, 4) is 11.1 Å². The molecule has 2 N–H and O–H groups in total. The highest BCUT2D eigenvalue weighted by Gasteiger charge is 2.34. The van der Waals surface area contributed by atoms with Gasteiger partial charge >= 0.3 is 0 Å². The molecule has 2 aromatic heterocycles. The molecular weight excluding hydrogens is 409 g/mol. The molecule has 0 bridgehead atoms. The zero-order valence-corrected chi connectivity index (χ0v) is 18.0. The molecule has 3 aromatic rings. The maximum Gasteiger partial charge on any atom is 0.229 e. The summed E-state index contributed by atoms with van der Waals surface area (Å²) < 4.78 is 1.78. The van der Waals surface area contributed by atoms with Crippen LogP contribution in [0.2, 0.25) is 0 Å². The number of rotatable bonds is 4. The van der Waals surface area contributed by atoms with Crippen LogP contribution in [0.4, 0.5) is 5.69 Å². The van der Waals surface area contributed by atoms with Crippen LogP contribution in [0.1, 0.15) is 17.0 Å². The Morgan fingerprint density at radius 3 is 2.59 bits per heavy atom. The molecule has 1 aliphatic rings. The van der Waals surface area contributed by atoms with E-state index in [1.807, 2.05) is 50.6 Å². The Morgan fingerprint density at radius 2 is 1.90 bits per heavy atom. The highest BCUT2D eigenvalue weighted by atomic mass is 35.5. The summed E-state index contributed by atoms with van der Waals surface area (Å²) in [5, 5.41) is 10.7. The van der Waals surface area contributed by atoms with Crippen molar-refractivity contribution in [3.05, 3.63) is 66.2 Å². The third kappa shape index (κ3) is 4.96. The second kappa shape index (κ2) is 9.87. The van der Waals surface area contributed by atoms with Crippen molar-refractivity contribution in [2.45, 2.75) is 12.8 Å². The van der Waals surface area contributed by atoms with Gasteiger partial charge in [0.25, 0.3) is 0 Å². The van der Waals surface area contributed by atoms with Gasteiger partial charge in [-0.2, -0.15) is 5.10 Å². The Morgan fingerprint density at radius 1 is 1.14 bits per heavy atom. The van der Waals surface area contributed by atoms with Crippen molar-refractivity contribution >= 4 is 36.4 Å². The van der Waals surface area contributed by atoms with Gasteiger partial charge in [-0.25, -0.2) is 0 Å². The average Bonchev–Trinajstić information content (AvgIpc) is 3.33. The van der Waals surface area contributed by atoms with Gasteiger partial charge in [0.1, 0.15) is 0 Å². The van der Waals surface area contributed by atoms with Crippen molar-refractivity contribution < 1.29 is 4.79 Å². The minimum atomic E-state index is -0.113. The Kier molecular flexibility index (Phi) is 7.79. The predicted molar refractivity (Wildman–Crippen MR) is 120 cm³/mol. The molecule has 1 amide bonds. The molecule has 154 valence electrons. The van der Waals surface area contributed by atoms with Crippen LogP contribution in [0.25, 0.3) is 11.1 Å². The van der Waals surface area contributed by atoms with Crippen LogP contribution in [0, 0.1) is 12.8 Å². The van der Waals surface area contributed by atoms with E-state index in [-0.39, 0.29) is 42.6 Å². The van der Waals surface area contributed by atoms with Gasteiger partial charge in [0.15, 0.2) is 0 Å². The van der Waals surface area contributed by atoms with Gasteiger partial charge in [0.05, 0.1) is 12.1 Å². The Labute approximate surface area is 182 Å². The molecule has 3 heterocycles. The largest absolute Gasteiger partial charge is 0.326 e. The summed E-state index contributed by atoms with van der Waals surface area (Å²) in [6, 6.07) is 10.1. The maximum absolute atomic E-state index is 13.0. The van der Waals surface area contributed by atoms with Crippen LogP contribution in [-0.2, 0) is 11.8 Å². The minimum absolute atomic E-state index is 0. The highest BCUT2D eigenvalue weighted by molar-refractivity contribution is 5.95. The molecule has 0 spiro atoms. The first kappa shape index (κ1) is 22.9. The van der Waals surface area contributed by atoms with E-state index in [0.717, 1.165) is 34.5 Å². The van der Waals surface area contributed by atoms with Crippen molar-refractivity contribution in [1.82, 2.24) is 20.1 Å². The van der Waals surface area contributed by atoms with E-state index >= 15 is 0 Å². The minimum Gasteiger partial charge on any atom is -0.326 e. The van der Waals surface area contributed by atoms with Gasteiger partial charge in [0.2, 0.25) is 5.91 Å². The predicted octanol–water partition coefficient (Wildman–Crippen LogP) is 3.58. The first-order valence-electron chi connectivity index (χ1n) is 9.13. The van der Waals surface area contributed by atoms with Crippen LogP contribution >= 0.6 is 24.8 Å². The first-order valence-corrected chi connectivity index (χ1v) is 9.13. The number of anilines is 1. The molecule has 0 aliphatic carbocycles. The summed E-state index contributed by atoms with van der Waals surface area (Å²) >= 11 is 0. The second-order valence-electron chi connectivity index (χ2n) is 7.07. The van der Waals surface area contributed by atoms with Gasteiger partial charge < -0.3 is 10.6 Å². The number of aryl methyl sites for hydroxylation is 2. The highest BCUT2D eigenvalue weighted by Crippen LogP contribution is 2.30. The number of carbonyl (C=O) groups is 1. The molecule has 0 unspecified atom stereocenters. The number of halogens is 2. The summed E-state index contributed by atoms with van der Waals surface area (Å²) in [5.74, 6) is 0.0735. The summed E-state index contributed by atoms with van der Waals surface area (Å²) in [6.07, 6.45) is 7.40. The summed E-state index contributed by atoms with van der Waals surface area (Å²) in [6.45, 7) is 3.48. The van der Waals surface area contributed by atoms with E-state index in [4.69, 9.17) is 0 Å².